The predicted octanol–water partition coefficient (Wildman–Crippen LogP) is 1.64. The van der Waals surface area contributed by atoms with Gasteiger partial charge in [-0.15, -0.1) is 13.2 Å². The number of hydrogen-bond donors (Lipinski definition) is 2. The van der Waals surface area contributed by atoms with Gasteiger partial charge in [-0.25, -0.2) is 13.1 Å². The topological polar surface area (TPSA) is 75.6 Å². The minimum atomic E-state index is -4.97. The molecule has 1 aromatic rings. The Kier molecular flexibility index (Phi) is 5.78. The van der Waals surface area contributed by atoms with E-state index in [0.717, 1.165) is 12.1 Å². The Hall–Kier alpha value is -1.32. The third-order valence-electron chi connectivity index (χ3n) is 2.24. The molecule has 0 saturated heterocycles. The molecule has 0 atom stereocenters. The molecule has 0 unspecified atom stereocenters. The summed E-state index contributed by atoms with van der Waals surface area (Å²) in [6.45, 7) is -0.0707. The highest BCUT2D eigenvalue weighted by Gasteiger charge is 2.33. The predicted molar refractivity (Wildman–Crippen MR) is 64.6 cm³/mol. The molecule has 0 aliphatic rings. The molecule has 0 aliphatic carbocycles. The monoisotopic (exact) mass is 313 g/mol. The van der Waals surface area contributed by atoms with Crippen LogP contribution in [0.2, 0.25) is 0 Å². The summed E-state index contributed by atoms with van der Waals surface area (Å²) in [5.74, 6) is -0.783. The number of benzene rings is 1. The van der Waals surface area contributed by atoms with Crippen molar-refractivity contribution in [1.82, 2.24) is 4.72 Å². The molecule has 20 heavy (non-hydrogen) atoms. The Bertz CT molecular complexity index is 531. The van der Waals surface area contributed by atoms with Gasteiger partial charge in [0.1, 0.15) is 10.6 Å². The van der Waals surface area contributed by atoms with Crippen LogP contribution in [0.15, 0.2) is 29.2 Å². The Balaban J connectivity index is 2.89. The van der Waals surface area contributed by atoms with E-state index in [2.05, 4.69) is 9.46 Å². The highest BCUT2D eigenvalue weighted by atomic mass is 32.2. The smallest absolute Gasteiger partial charge is 0.404 e. The zero-order valence-electron chi connectivity index (χ0n) is 10.4. The first kappa shape index (κ1) is 16.7. The average molecular weight is 313 g/mol. The van der Waals surface area contributed by atoms with E-state index >= 15 is 0 Å². The van der Waals surface area contributed by atoms with E-state index in [1.807, 2.05) is 0 Å². The van der Waals surface area contributed by atoms with Gasteiger partial charge in [0.25, 0.3) is 0 Å². The molecule has 114 valence electrons. The molecule has 0 fully saturated rings. The number of halogens is 3. The van der Waals surface area contributed by atoms with E-state index in [-0.39, 0.29) is 13.2 Å². The number of sulfonamides is 1. The van der Waals surface area contributed by atoms with Crippen LogP contribution < -0.4 is 9.46 Å². The fourth-order valence-corrected chi connectivity index (χ4v) is 2.60. The first-order chi connectivity index (χ1) is 9.26. The molecular weight excluding hydrogens is 299 g/mol. The molecule has 0 amide bonds. The van der Waals surface area contributed by atoms with Crippen LogP contribution in [0.5, 0.6) is 5.75 Å². The van der Waals surface area contributed by atoms with Crippen molar-refractivity contribution in [2.24, 2.45) is 0 Å². The Morgan fingerprint density at radius 3 is 2.45 bits per heavy atom. The van der Waals surface area contributed by atoms with E-state index in [0.29, 0.717) is 12.8 Å². The van der Waals surface area contributed by atoms with Crippen molar-refractivity contribution in [3.05, 3.63) is 24.3 Å². The molecule has 0 saturated carbocycles. The standard InChI is InChI=1S/C11H14F3NO4S/c12-11(13,14)19-9-5-1-2-6-10(9)20(17,18)15-7-3-4-8-16/h1-2,5-6,15-16H,3-4,7-8H2. The minimum absolute atomic E-state index is 0.0171. The van der Waals surface area contributed by atoms with E-state index in [4.69, 9.17) is 5.11 Å². The molecular formula is C11H14F3NO4S. The van der Waals surface area contributed by atoms with Crippen LogP contribution in [0.3, 0.4) is 0 Å². The number of aliphatic hydroxyl groups is 1. The zero-order valence-corrected chi connectivity index (χ0v) is 11.2. The highest BCUT2D eigenvalue weighted by molar-refractivity contribution is 7.89. The Morgan fingerprint density at radius 2 is 1.85 bits per heavy atom. The van der Waals surface area contributed by atoms with Gasteiger partial charge in [-0.3, -0.25) is 0 Å². The summed E-state index contributed by atoms with van der Waals surface area (Å²) in [6.07, 6.45) is -4.20. The van der Waals surface area contributed by atoms with E-state index in [1.165, 1.54) is 12.1 Å². The normalized spacial score (nSPS) is 12.4. The summed E-state index contributed by atoms with van der Waals surface area (Å²) >= 11 is 0. The van der Waals surface area contributed by atoms with Crippen molar-refractivity contribution >= 4 is 10.0 Å². The summed E-state index contributed by atoms with van der Waals surface area (Å²) < 4.78 is 66.2. The molecule has 0 aliphatic heterocycles. The van der Waals surface area contributed by atoms with Crippen molar-refractivity contribution in [1.29, 1.82) is 0 Å². The fraction of sp³-hybridized carbons (Fsp3) is 0.455. The molecule has 9 heteroatoms. The van der Waals surface area contributed by atoms with Crippen LogP contribution in [0.25, 0.3) is 0 Å². The van der Waals surface area contributed by atoms with Gasteiger partial charge >= 0.3 is 6.36 Å². The second kappa shape index (κ2) is 6.91. The first-order valence-electron chi connectivity index (χ1n) is 5.71. The van der Waals surface area contributed by atoms with E-state index in [1.54, 1.807) is 0 Å². The van der Waals surface area contributed by atoms with Crippen molar-refractivity contribution < 1.29 is 31.4 Å². The maximum atomic E-state index is 12.2. The van der Waals surface area contributed by atoms with Crippen molar-refractivity contribution in [3.8, 4) is 5.75 Å². The number of unbranched alkanes of at least 4 members (excludes halogenated alkanes) is 1. The molecule has 0 aromatic heterocycles. The molecule has 0 bridgehead atoms. The van der Waals surface area contributed by atoms with Crippen molar-refractivity contribution in [2.45, 2.75) is 24.1 Å². The summed E-state index contributed by atoms with van der Waals surface area (Å²) in [4.78, 5) is -0.582. The number of aliphatic hydroxyl groups excluding tert-OH is 1. The largest absolute Gasteiger partial charge is 0.573 e. The molecule has 5 nitrogen and oxygen atoms in total. The number of ether oxygens (including phenoxy) is 1. The third-order valence-corrected chi connectivity index (χ3v) is 3.74. The van der Waals surface area contributed by atoms with Crippen LogP contribution in [0.1, 0.15) is 12.8 Å². The molecule has 2 N–H and O–H groups in total. The van der Waals surface area contributed by atoms with Gasteiger partial charge in [0, 0.05) is 13.2 Å². The van der Waals surface area contributed by atoms with Gasteiger partial charge < -0.3 is 9.84 Å². The number of alkyl halides is 3. The summed E-state index contributed by atoms with van der Waals surface area (Å²) in [7, 11) is -4.10. The summed E-state index contributed by atoms with van der Waals surface area (Å²) in [5.41, 5.74) is 0. The van der Waals surface area contributed by atoms with Crippen LogP contribution in [-0.2, 0) is 10.0 Å². The Morgan fingerprint density at radius 1 is 1.20 bits per heavy atom. The van der Waals surface area contributed by atoms with E-state index < -0.39 is 27.0 Å². The molecule has 1 rings (SSSR count). The van der Waals surface area contributed by atoms with Crippen molar-refractivity contribution in [3.63, 3.8) is 0 Å². The zero-order chi connectivity index (χ0) is 15.2. The van der Waals surface area contributed by atoms with Crippen LogP contribution in [-0.4, -0.2) is 33.0 Å². The first-order valence-corrected chi connectivity index (χ1v) is 7.20. The summed E-state index contributed by atoms with van der Waals surface area (Å²) in [5, 5.41) is 8.56. The van der Waals surface area contributed by atoms with Gasteiger partial charge in [-0.05, 0) is 25.0 Å². The van der Waals surface area contributed by atoms with Gasteiger partial charge in [-0.2, -0.15) is 0 Å². The van der Waals surface area contributed by atoms with Crippen LogP contribution >= 0.6 is 0 Å². The van der Waals surface area contributed by atoms with Gasteiger partial charge in [0.05, 0.1) is 0 Å². The lowest BCUT2D eigenvalue weighted by Gasteiger charge is -2.13. The lowest BCUT2D eigenvalue weighted by atomic mass is 10.3. The number of nitrogens with one attached hydrogen (secondary N) is 1. The summed E-state index contributed by atoms with van der Waals surface area (Å²) in [6, 6.07) is 4.49. The van der Waals surface area contributed by atoms with Gasteiger partial charge in [0.2, 0.25) is 10.0 Å². The number of para-hydroxylation sites is 1. The lowest BCUT2D eigenvalue weighted by Crippen LogP contribution is -2.27. The fourth-order valence-electron chi connectivity index (χ4n) is 1.40. The Labute approximate surface area is 114 Å². The van der Waals surface area contributed by atoms with Crippen LogP contribution in [0, 0.1) is 0 Å². The van der Waals surface area contributed by atoms with Gasteiger partial charge in [0.15, 0.2) is 0 Å². The quantitative estimate of drug-likeness (QED) is 0.750. The average Bonchev–Trinajstić information content (AvgIpc) is 2.33. The third kappa shape index (κ3) is 5.35. The second-order valence-corrected chi connectivity index (χ2v) is 5.56. The maximum Gasteiger partial charge on any atom is 0.573 e. The molecule has 0 spiro atoms. The van der Waals surface area contributed by atoms with E-state index in [9.17, 15) is 21.6 Å². The molecule has 1 aromatic carbocycles. The number of rotatable bonds is 7. The highest BCUT2D eigenvalue weighted by Crippen LogP contribution is 2.29. The van der Waals surface area contributed by atoms with Crippen LogP contribution in [0.4, 0.5) is 13.2 Å². The molecule has 0 heterocycles. The van der Waals surface area contributed by atoms with Gasteiger partial charge in [-0.1, -0.05) is 12.1 Å². The minimum Gasteiger partial charge on any atom is -0.404 e. The molecule has 0 radical (unpaired) electrons. The second-order valence-electron chi connectivity index (χ2n) is 3.82. The maximum absolute atomic E-state index is 12.2. The SMILES string of the molecule is O=S(=O)(NCCCCO)c1ccccc1OC(F)(F)F. The van der Waals surface area contributed by atoms with Crippen molar-refractivity contribution in [2.75, 3.05) is 13.2 Å². The lowest BCUT2D eigenvalue weighted by molar-refractivity contribution is -0.275. The number of hydrogen-bond acceptors (Lipinski definition) is 4.